The first-order valence-electron chi connectivity index (χ1n) is 5.33. The van der Waals surface area contributed by atoms with Crippen LogP contribution in [0.3, 0.4) is 0 Å². The van der Waals surface area contributed by atoms with Crippen molar-refractivity contribution in [3.05, 3.63) is 52.4 Å². The van der Waals surface area contributed by atoms with E-state index in [1.807, 2.05) is 36.4 Å². The molecule has 0 fully saturated rings. The molecule has 3 rings (SSSR count). The van der Waals surface area contributed by atoms with E-state index in [4.69, 9.17) is 4.42 Å². The highest BCUT2D eigenvalue weighted by molar-refractivity contribution is 14.1. The summed E-state index contributed by atoms with van der Waals surface area (Å²) in [6, 6.07) is 11.7. The van der Waals surface area contributed by atoms with Gasteiger partial charge in [0.2, 0.25) is 11.8 Å². The fraction of sp³-hybridized carbons (Fsp3) is 0. The number of halogens is 1. The molecule has 0 unspecified atom stereocenters. The van der Waals surface area contributed by atoms with Gasteiger partial charge in [-0.05, 0) is 52.9 Å². The van der Waals surface area contributed by atoms with Gasteiger partial charge in [-0.1, -0.05) is 6.07 Å². The van der Waals surface area contributed by atoms with Gasteiger partial charge in [-0.3, -0.25) is 4.98 Å². The van der Waals surface area contributed by atoms with Gasteiger partial charge in [-0.15, -0.1) is 10.2 Å². The van der Waals surface area contributed by atoms with Crippen LogP contribution >= 0.6 is 22.6 Å². The summed E-state index contributed by atoms with van der Waals surface area (Å²) in [4.78, 5) is 4.03. The summed E-state index contributed by atoms with van der Waals surface area (Å²) in [5.74, 6) is 1.00. The predicted octanol–water partition coefficient (Wildman–Crippen LogP) is 3.40. The molecule has 2 heterocycles. The Hall–Kier alpha value is -1.76. The Morgan fingerprint density at radius 3 is 2.44 bits per heavy atom. The molecule has 0 amide bonds. The maximum atomic E-state index is 5.65. The van der Waals surface area contributed by atoms with Crippen molar-refractivity contribution in [2.24, 2.45) is 0 Å². The number of hydrogen-bond donors (Lipinski definition) is 0. The van der Waals surface area contributed by atoms with Crippen molar-refractivity contribution in [2.75, 3.05) is 0 Å². The van der Waals surface area contributed by atoms with Crippen LogP contribution in [0.5, 0.6) is 0 Å². The van der Waals surface area contributed by atoms with Gasteiger partial charge in [-0.25, -0.2) is 0 Å². The Bertz CT molecular complexity index is 667. The maximum Gasteiger partial charge on any atom is 0.249 e. The zero-order chi connectivity index (χ0) is 12.4. The number of pyridine rings is 1. The first-order valence-corrected chi connectivity index (χ1v) is 6.40. The monoisotopic (exact) mass is 349 g/mol. The molecule has 5 heteroatoms. The molecule has 88 valence electrons. The molecule has 0 atom stereocenters. The van der Waals surface area contributed by atoms with Gasteiger partial charge in [0.25, 0.3) is 0 Å². The number of nitrogens with zero attached hydrogens (tertiary/aromatic N) is 3. The summed E-state index contributed by atoms with van der Waals surface area (Å²) in [5.41, 5.74) is 1.74. The van der Waals surface area contributed by atoms with Gasteiger partial charge in [0, 0.05) is 21.5 Å². The second-order valence-electron chi connectivity index (χ2n) is 3.66. The van der Waals surface area contributed by atoms with Gasteiger partial charge in [-0.2, -0.15) is 0 Å². The van der Waals surface area contributed by atoms with E-state index < -0.39 is 0 Å². The van der Waals surface area contributed by atoms with Crippen molar-refractivity contribution in [2.45, 2.75) is 0 Å². The molecule has 0 spiro atoms. The Balaban J connectivity index is 2.00. The normalized spacial score (nSPS) is 10.5. The minimum absolute atomic E-state index is 0.483. The van der Waals surface area contributed by atoms with Gasteiger partial charge in [0.1, 0.15) is 0 Å². The molecule has 0 aliphatic carbocycles. The highest BCUT2D eigenvalue weighted by Gasteiger charge is 2.10. The average Bonchev–Trinajstić information content (AvgIpc) is 2.89. The molecule has 0 bridgehead atoms. The fourth-order valence-electron chi connectivity index (χ4n) is 1.57. The Kier molecular flexibility index (Phi) is 3.06. The fourth-order valence-corrected chi connectivity index (χ4v) is 2.11. The van der Waals surface area contributed by atoms with Crippen LogP contribution in [0, 0.1) is 3.57 Å². The first-order chi connectivity index (χ1) is 8.83. The van der Waals surface area contributed by atoms with Crippen molar-refractivity contribution in [3.63, 3.8) is 0 Å². The number of benzene rings is 1. The van der Waals surface area contributed by atoms with Crippen LogP contribution in [-0.2, 0) is 0 Å². The summed E-state index contributed by atoms with van der Waals surface area (Å²) in [6.45, 7) is 0. The van der Waals surface area contributed by atoms with Gasteiger partial charge < -0.3 is 4.42 Å². The third-order valence-corrected chi connectivity index (χ3v) is 3.08. The molecule has 0 saturated heterocycles. The topological polar surface area (TPSA) is 51.8 Å². The first kappa shape index (κ1) is 11.3. The van der Waals surface area contributed by atoms with E-state index >= 15 is 0 Å². The number of aromatic nitrogens is 3. The smallest absolute Gasteiger partial charge is 0.249 e. The van der Waals surface area contributed by atoms with Crippen LogP contribution in [0.2, 0.25) is 0 Å². The summed E-state index contributed by atoms with van der Waals surface area (Å²) in [7, 11) is 0. The average molecular weight is 349 g/mol. The van der Waals surface area contributed by atoms with Crippen molar-refractivity contribution < 1.29 is 4.42 Å². The van der Waals surface area contributed by atoms with E-state index in [-0.39, 0.29) is 0 Å². The van der Waals surface area contributed by atoms with Crippen LogP contribution in [-0.4, -0.2) is 15.2 Å². The van der Waals surface area contributed by atoms with Crippen LogP contribution in [0.4, 0.5) is 0 Å². The molecule has 4 nitrogen and oxygen atoms in total. The van der Waals surface area contributed by atoms with Crippen LogP contribution < -0.4 is 0 Å². The van der Waals surface area contributed by atoms with Crippen molar-refractivity contribution in [1.82, 2.24) is 15.2 Å². The molecule has 0 radical (unpaired) electrons. The number of rotatable bonds is 2. The maximum absolute atomic E-state index is 5.65. The third kappa shape index (κ3) is 2.26. The van der Waals surface area contributed by atoms with Gasteiger partial charge in [0.05, 0.1) is 5.56 Å². The van der Waals surface area contributed by atoms with Crippen molar-refractivity contribution in [1.29, 1.82) is 0 Å². The molecule has 3 aromatic rings. The molecule has 0 N–H and O–H groups in total. The highest BCUT2D eigenvalue weighted by Crippen LogP contribution is 2.24. The lowest BCUT2D eigenvalue weighted by Gasteiger charge is -1.95. The van der Waals surface area contributed by atoms with E-state index in [1.165, 1.54) is 0 Å². The quantitative estimate of drug-likeness (QED) is 0.666. The second-order valence-corrected chi connectivity index (χ2v) is 4.91. The van der Waals surface area contributed by atoms with Crippen LogP contribution in [0.1, 0.15) is 0 Å². The van der Waals surface area contributed by atoms with E-state index in [0.29, 0.717) is 11.8 Å². The Morgan fingerprint density at radius 1 is 0.944 bits per heavy atom. The zero-order valence-corrected chi connectivity index (χ0v) is 11.4. The molecule has 0 aliphatic rings. The van der Waals surface area contributed by atoms with Crippen LogP contribution in [0.15, 0.2) is 53.2 Å². The lowest BCUT2D eigenvalue weighted by Crippen LogP contribution is -1.78. The standard InChI is InChI=1S/C13H8IN3O/c14-11-5-1-3-9(7-11)12-16-17-13(18-12)10-4-2-6-15-8-10/h1-8H. The summed E-state index contributed by atoms with van der Waals surface area (Å²) in [6.07, 6.45) is 3.41. The third-order valence-electron chi connectivity index (χ3n) is 2.41. The van der Waals surface area contributed by atoms with E-state index in [0.717, 1.165) is 14.7 Å². The van der Waals surface area contributed by atoms with Gasteiger partial charge in [0.15, 0.2) is 0 Å². The lowest BCUT2D eigenvalue weighted by atomic mass is 10.2. The molecular weight excluding hydrogens is 341 g/mol. The van der Waals surface area contributed by atoms with E-state index in [1.54, 1.807) is 12.4 Å². The summed E-state index contributed by atoms with van der Waals surface area (Å²) < 4.78 is 6.78. The van der Waals surface area contributed by atoms with Gasteiger partial charge >= 0.3 is 0 Å². The number of hydrogen-bond acceptors (Lipinski definition) is 4. The zero-order valence-electron chi connectivity index (χ0n) is 9.25. The molecule has 2 aromatic heterocycles. The largest absolute Gasteiger partial charge is 0.416 e. The van der Waals surface area contributed by atoms with Crippen molar-refractivity contribution >= 4 is 22.6 Å². The highest BCUT2D eigenvalue weighted by atomic mass is 127. The Morgan fingerprint density at radius 2 is 1.72 bits per heavy atom. The van der Waals surface area contributed by atoms with Crippen LogP contribution in [0.25, 0.3) is 22.9 Å². The second kappa shape index (κ2) is 4.85. The Labute approximate surface area is 117 Å². The molecule has 0 aliphatic heterocycles. The molecular formula is C13H8IN3O. The summed E-state index contributed by atoms with van der Waals surface area (Å²) in [5, 5.41) is 8.09. The molecule has 1 aromatic carbocycles. The minimum atomic E-state index is 0.483. The van der Waals surface area contributed by atoms with Crippen molar-refractivity contribution in [3.8, 4) is 22.9 Å². The predicted molar refractivity (Wildman–Crippen MR) is 75.7 cm³/mol. The van der Waals surface area contributed by atoms with E-state index in [2.05, 4.69) is 37.8 Å². The lowest BCUT2D eigenvalue weighted by molar-refractivity contribution is 0.584. The summed E-state index contributed by atoms with van der Waals surface area (Å²) >= 11 is 2.25. The molecule has 18 heavy (non-hydrogen) atoms. The van der Waals surface area contributed by atoms with E-state index in [9.17, 15) is 0 Å². The SMILES string of the molecule is Ic1cccc(-c2nnc(-c3cccnc3)o2)c1. The minimum Gasteiger partial charge on any atom is -0.416 e. The molecule has 0 saturated carbocycles.